The molecule has 0 bridgehead atoms. The van der Waals surface area contributed by atoms with Crippen molar-refractivity contribution in [1.82, 2.24) is 0 Å². The van der Waals surface area contributed by atoms with E-state index in [-0.39, 0.29) is 11.5 Å². The third kappa shape index (κ3) is 1.07. The van der Waals surface area contributed by atoms with E-state index in [2.05, 4.69) is 0 Å². The lowest BCUT2D eigenvalue weighted by molar-refractivity contribution is -0.269. The molecule has 1 heterocycles. The predicted octanol–water partition coefficient (Wildman–Crippen LogP) is 0.791. The smallest absolute Gasteiger partial charge is 0.125 e. The van der Waals surface area contributed by atoms with E-state index in [1.807, 2.05) is 0 Å². The topological polar surface area (TPSA) is 52.5 Å². The normalized spacial score (nSPS) is 15.0. The van der Waals surface area contributed by atoms with Crippen molar-refractivity contribution in [3.63, 3.8) is 0 Å². The van der Waals surface area contributed by atoms with Crippen molar-refractivity contribution < 1.29 is 14.9 Å². The van der Waals surface area contributed by atoms with Gasteiger partial charge in [0.05, 0.1) is 6.61 Å². The van der Waals surface area contributed by atoms with Crippen molar-refractivity contribution in [1.29, 1.82) is 0 Å². The summed E-state index contributed by atoms with van der Waals surface area (Å²) in [5, 5.41) is 20.3. The van der Waals surface area contributed by atoms with Crippen LogP contribution in [0.15, 0.2) is 12.1 Å². The molecular formula is C9H9O3-. The number of rotatable bonds is 0. The van der Waals surface area contributed by atoms with E-state index in [0.717, 1.165) is 12.8 Å². The minimum absolute atomic E-state index is 0.0133. The number of hydrogen-bond acceptors (Lipinski definition) is 3. The first-order chi connectivity index (χ1) is 5.77. The average Bonchev–Trinajstić information content (AvgIpc) is 2.04. The Labute approximate surface area is 70.2 Å². The molecule has 0 unspecified atom stereocenters. The van der Waals surface area contributed by atoms with Gasteiger partial charge in [-0.1, -0.05) is 5.75 Å². The van der Waals surface area contributed by atoms with E-state index in [1.54, 1.807) is 0 Å². The van der Waals surface area contributed by atoms with Gasteiger partial charge in [-0.25, -0.2) is 0 Å². The molecule has 0 amide bonds. The minimum Gasteiger partial charge on any atom is -0.872 e. The molecule has 12 heavy (non-hydrogen) atoms. The zero-order chi connectivity index (χ0) is 8.55. The predicted molar refractivity (Wildman–Crippen MR) is 41.4 cm³/mol. The van der Waals surface area contributed by atoms with Crippen molar-refractivity contribution in [2.75, 3.05) is 6.61 Å². The molecule has 0 radical (unpaired) electrons. The molecule has 0 fully saturated rings. The van der Waals surface area contributed by atoms with Crippen LogP contribution >= 0.6 is 0 Å². The van der Waals surface area contributed by atoms with Crippen LogP contribution < -0.4 is 9.84 Å². The van der Waals surface area contributed by atoms with E-state index in [0.29, 0.717) is 17.9 Å². The van der Waals surface area contributed by atoms with Gasteiger partial charge in [0.25, 0.3) is 0 Å². The van der Waals surface area contributed by atoms with Gasteiger partial charge < -0.3 is 14.9 Å². The first-order valence-corrected chi connectivity index (χ1v) is 3.93. The van der Waals surface area contributed by atoms with E-state index in [9.17, 15) is 5.11 Å². The summed E-state index contributed by atoms with van der Waals surface area (Å²) in [7, 11) is 0. The Kier molecular flexibility index (Phi) is 1.57. The highest BCUT2D eigenvalue weighted by Crippen LogP contribution is 2.34. The molecule has 1 N–H and O–H groups in total. The molecular weight excluding hydrogens is 156 g/mol. The van der Waals surface area contributed by atoms with Gasteiger partial charge in [-0.15, -0.1) is 0 Å². The van der Waals surface area contributed by atoms with Crippen LogP contribution in [0.25, 0.3) is 0 Å². The summed E-state index contributed by atoms with van der Waals surface area (Å²) in [6.07, 6.45) is 1.64. The zero-order valence-electron chi connectivity index (χ0n) is 6.54. The van der Waals surface area contributed by atoms with Crippen LogP contribution in [0.4, 0.5) is 0 Å². The second-order valence-corrected chi connectivity index (χ2v) is 2.87. The highest BCUT2D eigenvalue weighted by molar-refractivity contribution is 5.49. The van der Waals surface area contributed by atoms with Crippen molar-refractivity contribution >= 4 is 0 Å². The molecule has 1 aromatic carbocycles. The second kappa shape index (κ2) is 2.59. The van der Waals surface area contributed by atoms with E-state index >= 15 is 0 Å². The fourth-order valence-electron chi connectivity index (χ4n) is 1.41. The third-order valence-corrected chi connectivity index (χ3v) is 1.98. The summed E-state index contributed by atoms with van der Waals surface area (Å²) < 4.78 is 5.23. The van der Waals surface area contributed by atoms with Crippen molar-refractivity contribution in [2.45, 2.75) is 12.8 Å². The number of benzene rings is 1. The summed E-state index contributed by atoms with van der Waals surface area (Å²) in [5.41, 5.74) is 0.694. The fraction of sp³-hybridized carbons (Fsp3) is 0.333. The quantitative estimate of drug-likeness (QED) is 0.618. The van der Waals surface area contributed by atoms with Gasteiger partial charge in [0.1, 0.15) is 11.5 Å². The Morgan fingerprint density at radius 3 is 3.08 bits per heavy atom. The molecule has 0 saturated carbocycles. The average molecular weight is 165 g/mol. The minimum atomic E-state index is -0.121. The Balaban J connectivity index is 2.53. The van der Waals surface area contributed by atoms with Gasteiger partial charge in [-0.2, -0.15) is 0 Å². The van der Waals surface area contributed by atoms with Gasteiger partial charge in [0, 0.05) is 6.07 Å². The van der Waals surface area contributed by atoms with Crippen LogP contribution in [0.1, 0.15) is 12.0 Å². The van der Waals surface area contributed by atoms with Gasteiger partial charge in [-0.3, -0.25) is 0 Å². The zero-order valence-corrected chi connectivity index (χ0v) is 6.54. The molecule has 1 aliphatic heterocycles. The van der Waals surface area contributed by atoms with Crippen LogP contribution in [-0.4, -0.2) is 11.7 Å². The summed E-state index contributed by atoms with van der Waals surface area (Å²) in [5.74, 6) is 0.414. The first kappa shape index (κ1) is 7.28. The van der Waals surface area contributed by atoms with E-state index < -0.39 is 0 Å². The molecule has 0 aromatic heterocycles. The third-order valence-electron chi connectivity index (χ3n) is 1.98. The number of fused-ring (bicyclic) bond motifs is 1. The van der Waals surface area contributed by atoms with Crippen LogP contribution in [0.3, 0.4) is 0 Å². The molecule has 2 rings (SSSR count). The lowest BCUT2D eigenvalue weighted by Gasteiger charge is -2.22. The first-order valence-electron chi connectivity index (χ1n) is 3.93. The maximum Gasteiger partial charge on any atom is 0.125 e. The molecule has 0 spiro atoms. The van der Waals surface area contributed by atoms with Crippen LogP contribution in [0, 0.1) is 0 Å². The number of aromatic hydroxyl groups is 1. The molecule has 0 aliphatic carbocycles. The number of phenolic OH excluding ortho intramolecular Hbond substituents is 1. The van der Waals surface area contributed by atoms with Gasteiger partial charge in [-0.05, 0) is 24.5 Å². The Morgan fingerprint density at radius 2 is 2.25 bits per heavy atom. The summed E-state index contributed by atoms with van der Waals surface area (Å²) in [6.45, 7) is 0.635. The van der Waals surface area contributed by atoms with Gasteiger partial charge in [0.2, 0.25) is 0 Å². The van der Waals surface area contributed by atoms with E-state index in [4.69, 9.17) is 9.84 Å². The lowest BCUT2D eigenvalue weighted by atomic mass is 10.1. The lowest BCUT2D eigenvalue weighted by Crippen LogP contribution is -2.10. The molecule has 1 aliphatic rings. The maximum atomic E-state index is 11.2. The number of hydrogen-bond donors (Lipinski definition) is 1. The molecule has 0 saturated heterocycles. The Hall–Kier alpha value is -1.38. The highest BCUT2D eigenvalue weighted by atomic mass is 16.5. The molecule has 64 valence electrons. The van der Waals surface area contributed by atoms with Gasteiger partial charge >= 0.3 is 0 Å². The van der Waals surface area contributed by atoms with Crippen molar-refractivity contribution in [2.24, 2.45) is 0 Å². The highest BCUT2D eigenvalue weighted by Gasteiger charge is 2.11. The van der Waals surface area contributed by atoms with Crippen LogP contribution in [0.5, 0.6) is 17.2 Å². The molecule has 0 atom stereocenters. The van der Waals surface area contributed by atoms with Crippen LogP contribution in [-0.2, 0) is 6.42 Å². The summed E-state index contributed by atoms with van der Waals surface area (Å²) in [4.78, 5) is 0. The Bertz CT molecular complexity index is 307. The van der Waals surface area contributed by atoms with E-state index in [1.165, 1.54) is 12.1 Å². The Morgan fingerprint density at radius 1 is 1.42 bits per heavy atom. The van der Waals surface area contributed by atoms with Gasteiger partial charge in [0.15, 0.2) is 0 Å². The van der Waals surface area contributed by atoms with Crippen molar-refractivity contribution in [3.8, 4) is 17.2 Å². The standard InChI is InChI=1S/C9H10O3/c10-6-4-8(11)7-2-1-3-12-9(7)5-6/h4-5,10-11H,1-3H2/p-1. The van der Waals surface area contributed by atoms with Crippen LogP contribution in [0.2, 0.25) is 0 Å². The van der Waals surface area contributed by atoms with Crippen molar-refractivity contribution in [3.05, 3.63) is 17.7 Å². The fourth-order valence-corrected chi connectivity index (χ4v) is 1.41. The summed E-state index contributed by atoms with van der Waals surface area (Å²) in [6, 6.07) is 2.73. The summed E-state index contributed by atoms with van der Waals surface area (Å²) >= 11 is 0. The molecule has 3 heteroatoms. The SMILES string of the molecule is [O-]c1cc(O)cc2c1CCCO2. The maximum absolute atomic E-state index is 11.2. The largest absolute Gasteiger partial charge is 0.872 e. The number of phenols is 1. The number of ether oxygens (including phenoxy) is 1. The second-order valence-electron chi connectivity index (χ2n) is 2.87. The monoisotopic (exact) mass is 165 g/mol. The molecule has 3 nitrogen and oxygen atoms in total. The molecule has 1 aromatic rings.